The molecule has 0 aliphatic carbocycles. The van der Waals surface area contributed by atoms with Crippen LogP contribution in [0.4, 0.5) is 10.1 Å². The van der Waals surface area contributed by atoms with E-state index in [0.29, 0.717) is 16.5 Å². The molecule has 3 aromatic rings. The molecule has 0 aliphatic heterocycles. The minimum atomic E-state index is -0.472. The predicted molar refractivity (Wildman–Crippen MR) is 82.5 cm³/mol. The van der Waals surface area contributed by atoms with Crippen molar-refractivity contribution in [1.29, 1.82) is 0 Å². The molecule has 0 spiro atoms. The van der Waals surface area contributed by atoms with E-state index in [4.69, 9.17) is 11.6 Å². The van der Waals surface area contributed by atoms with Crippen LogP contribution >= 0.6 is 22.9 Å². The molecule has 0 saturated heterocycles. The average molecular weight is 335 g/mol. The maximum Gasteiger partial charge on any atom is 0.275 e. The first-order valence-corrected chi connectivity index (χ1v) is 7.38. The molecule has 22 heavy (non-hydrogen) atoms. The fraction of sp³-hybridized carbons (Fsp3) is 0. The summed E-state index contributed by atoms with van der Waals surface area (Å²) < 4.78 is 13.0. The lowest BCUT2D eigenvalue weighted by Crippen LogP contribution is -2.12. The highest BCUT2D eigenvalue weighted by atomic mass is 35.5. The molecule has 1 amide bonds. The van der Waals surface area contributed by atoms with Gasteiger partial charge in [-0.3, -0.25) is 4.79 Å². The zero-order chi connectivity index (χ0) is 15.5. The molecule has 1 N–H and O–H groups in total. The number of carbonyl (C=O) groups excluding carboxylic acids is 1. The number of halogens is 2. The lowest BCUT2D eigenvalue weighted by molar-refractivity contribution is 0.102. The molecule has 0 fully saturated rings. The Morgan fingerprint density at radius 1 is 1.27 bits per heavy atom. The zero-order valence-electron chi connectivity index (χ0n) is 11.0. The number of thiazole rings is 1. The van der Waals surface area contributed by atoms with Crippen LogP contribution in [0.25, 0.3) is 10.8 Å². The van der Waals surface area contributed by atoms with Crippen molar-refractivity contribution in [2.75, 3.05) is 5.32 Å². The maximum atomic E-state index is 13.0. The number of hydrogen-bond acceptors (Lipinski definition) is 5. The van der Waals surface area contributed by atoms with E-state index in [-0.39, 0.29) is 10.7 Å². The molecular weight excluding hydrogens is 327 g/mol. The number of nitrogens with zero attached hydrogens (tertiary/aromatic N) is 3. The molecule has 0 saturated carbocycles. The van der Waals surface area contributed by atoms with E-state index in [1.807, 2.05) is 0 Å². The Morgan fingerprint density at radius 3 is 2.77 bits per heavy atom. The van der Waals surface area contributed by atoms with Crippen LogP contribution in [0.1, 0.15) is 10.5 Å². The second-order valence-corrected chi connectivity index (χ2v) is 5.45. The SMILES string of the molecule is O=C(Nc1ccc(F)cc1Cl)c1csc(-c2ncccn2)n1. The van der Waals surface area contributed by atoms with Crippen molar-refractivity contribution in [2.24, 2.45) is 0 Å². The lowest BCUT2D eigenvalue weighted by Gasteiger charge is -2.05. The van der Waals surface area contributed by atoms with Crippen molar-refractivity contribution in [3.63, 3.8) is 0 Å². The molecule has 2 aromatic heterocycles. The maximum absolute atomic E-state index is 13.0. The third kappa shape index (κ3) is 3.10. The highest BCUT2D eigenvalue weighted by molar-refractivity contribution is 7.13. The Labute approximate surface area is 133 Å². The van der Waals surface area contributed by atoms with E-state index in [9.17, 15) is 9.18 Å². The van der Waals surface area contributed by atoms with Crippen LogP contribution in [0.5, 0.6) is 0 Å². The Kier molecular flexibility index (Phi) is 4.08. The molecule has 0 bridgehead atoms. The van der Waals surface area contributed by atoms with Crippen molar-refractivity contribution in [3.05, 3.63) is 58.6 Å². The first-order valence-electron chi connectivity index (χ1n) is 6.13. The summed E-state index contributed by atoms with van der Waals surface area (Å²) in [6, 6.07) is 5.43. The van der Waals surface area contributed by atoms with Gasteiger partial charge in [-0.25, -0.2) is 19.3 Å². The Morgan fingerprint density at radius 2 is 2.05 bits per heavy atom. The van der Waals surface area contributed by atoms with Crippen LogP contribution in [0.2, 0.25) is 5.02 Å². The van der Waals surface area contributed by atoms with Gasteiger partial charge in [0, 0.05) is 17.8 Å². The molecule has 1 aromatic carbocycles. The molecule has 8 heteroatoms. The summed E-state index contributed by atoms with van der Waals surface area (Å²) in [5.74, 6) is -0.460. The second kappa shape index (κ2) is 6.17. The van der Waals surface area contributed by atoms with Crippen LogP contribution in [-0.4, -0.2) is 20.9 Å². The van der Waals surface area contributed by atoms with Crippen molar-refractivity contribution in [3.8, 4) is 10.8 Å². The monoisotopic (exact) mass is 334 g/mol. The molecule has 110 valence electrons. The molecule has 3 rings (SSSR count). The molecular formula is C14H8ClFN4OS. The van der Waals surface area contributed by atoms with Crippen molar-refractivity contribution < 1.29 is 9.18 Å². The normalized spacial score (nSPS) is 10.5. The van der Waals surface area contributed by atoms with Gasteiger partial charge in [0.15, 0.2) is 10.8 Å². The summed E-state index contributed by atoms with van der Waals surface area (Å²) >= 11 is 7.13. The number of amides is 1. The van der Waals surface area contributed by atoms with Gasteiger partial charge >= 0.3 is 0 Å². The number of aromatic nitrogens is 3. The fourth-order valence-electron chi connectivity index (χ4n) is 1.67. The fourth-order valence-corrected chi connectivity index (χ4v) is 2.63. The number of rotatable bonds is 3. The number of benzene rings is 1. The smallest absolute Gasteiger partial charge is 0.275 e. The predicted octanol–water partition coefficient (Wildman–Crippen LogP) is 3.64. The topological polar surface area (TPSA) is 67.8 Å². The molecule has 0 aliphatic rings. The highest BCUT2D eigenvalue weighted by Crippen LogP contribution is 2.24. The number of carbonyl (C=O) groups is 1. The van der Waals surface area contributed by atoms with Crippen LogP contribution in [0.3, 0.4) is 0 Å². The number of anilines is 1. The van der Waals surface area contributed by atoms with E-state index < -0.39 is 11.7 Å². The van der Waals surface area contributed by atoms with Crippen molar-refractivity contribution >= 4 is 34.5 Å². The molecule has 0 atom stereocenters. The van der Waals surface area contributed by atoms with E-state index in [1.165, 1.54) is 23.5 Å². The summed E-state index contributed by atoms with van der Waals surface area (Å²) in [6.07, 6.45) is 3.20. The van der Waals surface area contributed by atoms with Gasteiger partial charge in [0.1, 0.15) is 11.5 Å². The number of hydrogen-bond donors (Lipinski definition) is 1. The van der Waals surface area contributed by atoms with Crippen LogP contribution in [0, 0.1) is 5.82 Å². The third-order valence-electron chi connectivity index (χ3n) is 2.67. The molecule has 5 nitrogen and oxygen atoms in total. The summed E-state index contributed by atoms with van der Waals surface area (Å²) in [6.45, 7) is 0. The van der Waals surface area contributed by atoms with Gasteiger partial charge in [0.2, 0.25) is 0 Å². The van der Waals surface area contributed by atoms with E-state index >= 15 is 0 Å². The Bertz CT molecular complexity index is 825. The highest BCUT2D eigenvalue weighted by Gasteiger charge is 2.14. The third-order valence-corrected chi connectivity index (χ3v) is 3.82. The van der Waals surface area contributed by atoms with Crippen LogP contribution in [0.15, 0.2) is 42.0 Å². The summed E-state index contributed by atoms with van der Waals surface area (Å²) in [4.78, 5) is 24.5. The number of nitrogens with one attached hydrogen (secondary N) is 1. The quantitative estimate of drug-likeness (QED) is 0.794. The van der Waals surface area contributed by atoms with Gasteiger partial charge in [0.25, 0.3) is 5.91 Å². The summed E-state index contributed by atoms with van der Waals surface area (Å²) in [5.41, 5.74) is 0.534. The Balaban J connectivity index is 1.80. The zero-order valence-corrected chi connectivity index (χ0v) is 12.5. The van der Waals surface area contributed by atoms with Gasteiger partial charge < -0.3 is 5.32 Å². The molecule has 0 radical (unpaired) electrons. The van der Waals surface area contributed by atoms with E-state index in [2.05, 4.69) is 20.3 Å². The average Bonchev–Trinajstić information content (AvgIpc) is 3.01. The van der Waals surface area contributed by atoms with Gasteiger partial charge in [-0.2, -0.15) is 0 Å². The van der Waals surface area contributed by atoms with Crippen molar-refractivity contribution in [2.45, 2.75) is 0 Å². The van der Waals surface area contributed by atoms with Gasteiger partial charge in [-0.05, 0) is 24.3 Å². The Hall–Kier alpha value is -2.38. The van der Waals surface area contributed by atoms with Crippen LogP contribution < -0.4 is 5.32 Å². The first kappa shape index (κ1) is 14.6. The lowest BCUT2D eigenvalue weighted by atomic mass is 10.3. The van der Waals surface area contributed by atoms with E-state index in [1.54, 1.807) is 23.8 Å². The van der Waals surface area contributed by atoms with E-state index in [0.717, 1.165) is 6.07 Å². The molecule has 0 unspecified atom stereocenters. The first-order chi connectivity index (χ1) is 10.6. The summed E-state index contributed by atoms with van der Waals surface area (Å²) in [7, 11) is 0. The standard InChI is InChI=1S/C14H8ClFN4OS/c15-9-6-8(16)2-3-10(9)19-13(21)11-7-22-14(20-11)12-17-4-1-5-18-12/h1-7H,(H,19,21). The van der Waals surface area contributed by atoms with Gasteiger partial charge in [-0.1, -0.05) is 11.6 Å². The van der Waals surface area contributed by atoms with Gasteiger partial charge in [-0.15, -0.1) is 11.3 Å². The second-order valence-electron chi connectivity index (χ2n) is 4.19. The largest absolute Gasteiger partial charge is 0.319 e. The minimum Gasteiger partial charge on any atom is -0.319 e. The molecule has 2 heterocycles. The van der Waals surface area contributed by atoms with Crippen molar-refractivity contribution in [1.82, 2.24) is 15.0 Å². The summed E-state index contributed by atoms with van der Waals surface area (Å²) in [5, 5.41) is 4.84. The van der Waals surface area contributed by atoms with Gasteiger partial charge in [0.05, 0.1) is 10.7 Å². The van der Waals surface area contributed by atoms with Crippen LogP contribution in [-0.2, 0) is 0 Å². The minimum absolute atomic E-state index is 0.121.